The average Bonchev–Trinajstić information content (AvgIpc) is 3.75. The molecule has 12 nitrogen and oxygen atoms in total. The summed E-state index contributed by atoms with van der Waals surface area (Å²) in [5.74, 6) is -9.30. The highest BCUT2D eigenvalue weighted by molar-refractivity contribution is 6.30. The van der Waals surface area contributed by atoms with Crippen LogP contribution >= 0.6 is 11.6 Å². The lowest BCUT2D eigenvalue weighted by molar-refractivity contribution is -0.484. The van der Waals surface area contributed by atoms with Gasteiger partial charge in [0.05, 0.1) is 34.5 Å². The molecule has 3 aromatic rings. The summed E-state index contributed by atoms with van der Waals surface area (Å²) < 4.78 is 22.4. The molecule has 1 amide bonds. The van der Waals surface area contributed by atoms with Crippen LogP contribution in [0, 0.1) is 22.6 Å². The number of hydrogen-bond acceptors (Lipinski definition) is 11. The number of amides is 1. The van der Waals surface area contributed by atoms with Crippen molar-refractivity contribution in [2.45, 2.75) is 56.0 Å². The number of nitriles is 1. The Bertz CT molecular complexity index is 1630. The number of fused-ring (bicyclic) bond motifs is 1. The Hall–Kier alpha value is -3.55. The van der Waals surface area contributed by atoms with Crippen LogP contribution in [-0.4, -0.2) is 70.1 Å². The molecule has 7 N–H and O–H groups in total. The minimum absolute atomic E-state index is 0.0564. The van der Waals surface area contributed by atoms with E-state index in [9.17, 15) is 45.8 Å². The van der Waals surface area contributed by atoms with Gasteiger partial charge in [0.25, 0.3) is 17.9 Å². The van der Waals surface area contributed by atoms with Gasteiger partial charge in [-0.25, -0.2) is 4.39 Å². The number of hydrogen-bond donors (Lipinski definition) is 7. The number of carbonyl (C=O) groups excluding carboxylic acids is 1. The van der Waals surface area contributed by atoms with E-state index in [0.29, 0.717) is 0 Å². The Labute approximate surface area is 255 Å². The Morgan fingerprint density at radius 1 is 1.09 bits per heavy atom. The normalized spacial score (nSPS) is 20.7. The summed E-state index contributed by atoms with van der Waals surface area (Å²) in [5, 5.41) is 82.8. The molecular weight excluding hydrogens is 601 g/mol. The SMILES string of the molecule is CC(O)(CCO)c1cc(F)c2c(c1)C(=O)N(Cc1ccc(C#N)cn1)[C@@]2(OC(O)(O)C1(C(O)(O)O)CC1)c1ccc(Cl)cc1. The zero-order valence-electron chi connectivity index (χ0n) is 23.3. The first-order valence-corrected chi connectivity index (χ1v) is 13.8. The molecule has 5 rings (SSSR count). The van der Waals surface area contributed by atoms with Gasteiger partial charge in [0.1, 0.15) is 17.3 Å². The molecule has 44 heavy (non-hydrogen) atoms. The van der Waals surface area contributed by atoms with Gasteiger partial charge < -0.3 is 35.7 Å². The second kappa shape index (κ2) is 10.8. The zero-order valence-corrected chi connectivity index (χ0v) is 24.0. The Balaban J connectivity index is 1.80. The van der Waals surface area contributed by atoms with Crippen molar-refractivity contribution in [2.75, 3.05) is 6.61 Å². The van der Waals surface area contributed by atoms with Crippen molar-refractivity contribution in [1.29, 1.82) is 5.26 Å². The maximum atomic E-state index is 16.5. The highest BCUT2D eigenvalue weighted by Crippen LogP contribution is 2.62. The standard InChI is InChI=1S/C30H29ClFN3O9/c1-26(38,10-11-36)19-12-22-24(23(32)13-19)28(18-3-5-20(31)6-4-18,44-30(42,43)27(8-9-27)29(39,40)41)35(25(22)37)16-21-7-2-17(14-33)15-34-21/h2-7,12-13,15,36,38-43H,8-11,16H2,1H3/t26?,28-/m1/s1. The van der Waals surface area contributed by atoms with Crippen LogP contribution in [0.2, 0.25) is 5.02 Å². The molecule has 2 aliphatic rings. The number of rotatable bonds is 10. The highest BCUT2D eigenvalue weighted by atomic mass is 35.5. The van der Waals surface area contributed by atoms with Gasteiger partial charge in [-0.15, -0.1) is 0 Å². The van der Waals surface area contributed by atoms with Gasteiger partial charge >= 0.3 is 0 Å². The first-order chi connectivity index (χ1) is 20.5. The predicted octanol–water partition coefficient (Wildman–Crippen LogP) is 1.26. The first-order valence-electron chi connectivity index (χ1n) is 13.5. The fraction of sp³-hybridized carbons (Fsp3) is 0.367. The van der Waals surface area contributed by atoms with Crippen LogP contribution < -0.4 is 0 Å². The quantitative estimate of drug-likeness (QED) is 0.159. The van der Waals surface area contributed by atoms with E-state index in [4.69, 9.17) is 16.3 Å². The molecule has 0 bridgehead atoms. The molecule has 232 valence electrons. The number of aliphatic hydroxyl groups is 7. The Morgan fingerprint density at radius 3 is 2.27 bits per heavy atom. The van der Waals surface area contributed by atoms with Gasteiger partial charge in [-0.05, 0) is 61.7 Å². The number of carbonyl (C=O) groups is 1. The maximum absolute atomic E-state index is 16.5. The minimum Gasteiger partial charge on any atom is -0.396 e. The number of aliphatic hydroxyl groups excluding tert-OH is 1. The smallest absolute Gasteiger partial charge is 0.294 e. The van der Waals surface area contributed by atoms with Gasteiger partial charge in [0.15, 0.2) is 0 Å². The molecule has 0 spiro atoms. The van der Waals surface area contributed by atoms with Crippen molar-refractivity contribution in [3.8, 4) is 6.07 Å². The molecule has 2 aromatic carbocycles. The molecule has 1 aliphatic carbocycles. The van der Waals surface area contributed by atoms with E-state index in [0.717, 1.165) is 11.0 Å². The summed E-state index contributed by atoms with van der Waals surface area (Å²) in [5.41, 5.74) is -7.46. The monoisotopic (exact) mass is 629 g/mol. The molecule has 2 atom stereocenters. The van der Waals surface area contributed by atoms with Gasteiger partial charge in [-0.1, -0.05) is 23.7 Å². The fourth-order valence-electron chi connectivity index (χ4n) is 5.59. The number of pyridine rings is 1. The van der Waals surface area contributed by atoms with E-state index in [2.05, 4.69) is 4.98 Å². The van der Waals surface area contributed by atoms with Gasteiger partial charge in [0, 0.05) is 29.8 Å². The van der Waals surface area contributed by atoms with Crippen LogP contribution in [0.3, 0.4) is 0 Å². The molecular formula is C30H29ClFN3O9. The number of aromatic nitrogens is 1. The lowest BCUT2D eigenvalue weighted by atomic mass is 9.86. The van der Waals surface area contributed by atoms with E-state index in [1.54, 1.807) is 0 Å². The van der Waals surface area contributed by atoms with E-state index in [1.807, 2.05) is 6.07 Å². The second-order valence-corrected chi connectivity index (χ2v) is 11.7. The Kier molecular flexibility index (Phi) is 7.83. The van der Waals surface area contributed by atoms with Crippen LogP contribution in [0.1, 0.15) is 64.5 Å². The summed E-state index contributed by atoms with van der Waals surface area (Å²) in [4.78, 5) is 19.4. The number of benzene rings is 2. The molecule has 1 aliphatic heterocycles. The van der Waals surface area contributed by atoms with Crippen LogP contribution in [0.15, 0.2) is 54.7 Å². The van der Waals surface area contributed by atoms with Crippen molar-refractivity contribution in [3.63, 3.8) is 0 Å². The average molecular weight is 630 g/mol. The van der Waals surface area contributed by atoms with E-state index in [-0.39, 0.29) is 52.2 Å². The number of ether oxygens (including phenoxy) is 1. The lowest BCUT2D eigenvalue weighted by Crippen LogP contribution is -2.61. The predicted molar refractivity (Wildman–Crippen MR) is 148 cm³/mol. The van der Waals surface area contributed by atoms with Gasteiger partial charge in [-0.2, -0.15) is 5.26 Å². The third kappa shape index (κ3) is 5.04. The zero-order chi connectivity index (χ0) is 32.3. The topological polar surface area (TPSA) is 208 Å². The van der Waals surface area contributed by atoms with E-state index >= 15 is 4.39 Å². The summed E-state index contributed by atoms with van der Waals surface area (Å²) >= 11 is 6.12. The molecule has 1 aromatic heterocycles. The first kappa shape index (κ1) is 31.9. The molecule has 1 fully saturated rings. The lowest BCUT2D eigenvalue weighted by Gasteiger charge is -2.46. The molecule has 0 saturated heterocycles. The Morgan fingerprint density at radius 2 is 1.75 bits per heavy atom. The van der Waals surface area contributed by atoms with Crippen LogP contribution in [0.4, 0.5) is 4.39 Å². The van der Waals surface area contributed by atoms with Gasteiger partial charge in [-0.3, -0.25) is 19.4 Å². The van der Waals surface area contributed by atoms with Crippen molar-refractivity contribution in [2.24, 2.45) is 5.41 Å². The second-order valence-electron chi connectivity index (χ2n) is 11.2. The van der Waals surface area contributed by atoms with Crippen LogP contribution in [-0.2, 0) is 22.6 Å². The maximum Gasteiger partial charge on any atom is 0.294 e. The summed E-state index contributed by atoms with van der Waals surface area (Å²) in [7, 11) is 0. The minimum atomic E-state index is -3.66. The molecule has 0 radical (unpaired) electrons. The van der Waals surface area contributed by atoms with Crippen molar-refractivity contribution in [3.05, 3.63) is 99.1 Å². The summed E-state index contributed by atoms with van der Waals surface area (Å²) in [6, 6.07) is 12.3. The molecule has 1 saturated carbocycles. The van der Waals surface area contributed by atoms with Crippen molar-refractivity contribution >= 4 is 17.5 Å². The highest BCUT2D eigenvalue weighted by Gasteiger charge is 2.74. The largest absolute Gasteiger partial charge is 0.396 e. The van der Waals surface area contributed by atoms with Gasteiger partial charge in [0.2, 0.25) is 5.72 Å². The van der Waals surface area contributed by atoms with Crippen LogP contribution in [0.25, 0.3) is 0 Å². The molecule has 14 heteroatoms. The fourth-order valence-corrected chi connectivity index (χ4v) is 5.72. The third-order valence-corrected chi connectivity index (χ3v) is 8.57. The van der Waals surface area contributed by atoms with Crippen molar-refractivity contribution < 1.29 is 49.7 Å². The van der Waals surface area contributed by atoms with Crippen LogP contribution in [0.5, 0.6) is 0 Å². The summed E-state index contributed by atoms with van der Waals surface area (Å²) in [6.07, 6.45) is 0.340. The number of nitrogens with zero attached hydrogens (tertiary/aromatic N) is 3. The summed E-state index contributed by atoms with van der Waals surface area (Å²) in [6.45, 7) is 0.395. The molecule has 2 heterocycles. The number of halogens is 2. The molecule has 1 unspecified atom stereocenters. The van der Waals surface area contributed by atoms with E-state index < -0.39 is 59.1 Å². The van der Waals surface area contributed by atoms with E-state index in [1.165, 1.54) is 55.6 Å². The third-order valence-electron chi connectivity index (χ3n) is 8.32. The van der Waals surface area contributed by atoms with Crippen molar-refractivity contribution in [1.82, 2.24) is 9.88 Å².